The topological polar surface area (TPSA) is 47.9 Å². The van der Waals surface area contributed by atoms with Crippen LogP contribution >= 0.6 is 0 Å². The van der Waals surface area contributed by atoms with Gasteiger partial charge in [0.1, 0.15) is 0 Å². The molecular formula is C15H26O4. The summed E-state index contributed by atoms with van der Waals surface area (Å²) in [6, 6.07) is 0. The van der Waals surface area contributed by atoms with Crippen LogP contribution in [-0.4, -0.2) is 47.3 Å². The van der Waals surface area contributed by atoms with Crippen molar-refractivity contribution in [2.75, 3.05) is 13.2 Å². The highest BCUT2D eigenvalue weighted by Crippen LogP contribution is 2.50. The summed E-state index contributed by atoms with van der Waals surface area (Å²) in [5.41, 5.74) is -0.801. The Morgan fingerprint density at radius 3 is 2.42 bits per heavy atom. The SMILES string of the molecule is CC1(C)O[C@@H]2CC3(CCOCC3)O[C@@]2(C)CC[C@H]1O. The molecule has 3 heterocycles. The molecule has 0 saturated carbocycles. The van der Waals surface area contributed by atoms with E-state index >= 15 is 0 Å². The lowest BCUT2D eigenvalue weighted by molar-refractivity contribution is -0.167. The molecule has 4 nitrogen and oxygen atoms in total. The van der Waals surface area contributed by atoms with Gasteiger partial charge in [-0.05, 0) is 46.5 Å². The van der Waals surface area contributed by atoms with Crippen LogP contribution in [0.1, 0.15) is 52.9 Å². The van der Waals surface area contributed by atoms with Gasteiger partial charge in [-0.15, -0.1) is 0 Å². The first-order valence-corrected chi connectivity index (χ1v) is 7.49. The predicted molar refractivity (Wildman–Crippen MR) is 71.1 cm³/mol. The maximum absolute atomic E-state index is 10.2. The number of aliphatic hydroxyl groups excluding tert-OH is 1. The largest absolute Gasteiger partial charge is 0.390 e. The number of aliphatic hydroxyl groups is 1. The molecule has 1 N–H and O–H groups in total. The monoisotopic (exact) mass is 270 g/mol. The average Bonchev–Trinajstić information content (AvgIpc) is 2.55. The van der Waals surface area contributed by atoms with Crippen LogP contribution < -0.4 is 0 Å². The smallest absolute Gasteiger partial charge is 0.0924 e. The van der Waals surface area contributed by atoms with Crippen LogP contribution in [0.3, 0.4) is 0 Å². The van der Waals surface area contributed by atoms with Gasteiger partial charge < -0.3 is 19.3 Å². The second-order valence-corrected chi connectivity index (χ2v) is 7.18. The Morgan fingerprint density at radius 2 is 1.74 bits per heavy atom. The summed E-state index contributed by atoms with van der Waals surface area (Å²) < 4.78 is 18.2. The van der Waals surface area contributed by atoms with Crippen molar-refractivity contribution in [3.63, 3.8) is 0 Å². The summed E-state index contributed by atoms with van der Waals surface area (Å²) in [5, 5.41) is 10.2. The molecule has 3 aliphatic heterocycles. The van der Waals surface area contributed by atoms with Gasteiger partial charge >= 0.3 is 0 Å². The maximum Gasteiger partial charge on any atom is 0.0924 e. The number of rotatable bonds is 0. The first kappa shape index (κ1) is 13.8. The molecule has 0 amide bonds. The highest BCUT2D eigenvalue weighted by molar-refractivity contribution is 5.06. The van der Waals surface area contributed by atoms with Crippen LogP contribution in [-0.2, 0) is 14.2 Å². The quantitative estimate of drug-likeness (QED) is 0.731. The maximum atomic E-state index is 10.2. The zero-order valence-corrected chi connectivity index (χ0v) is 12.3. The van der Waals surface area contributed by atoms with E-state index < -0.39 is 11.7 Å². The summed E-state index contributed by atoms with van der Waals surface area (Å²) in [6.07, 6.45) is 4.14. The molecular weight excluding hydrogens is 244 g/mol. The van der Waals surface area contributed by atoms with E-state index in [1.807, 2.05) is 13.8 Å². The number of fused-ring (bicyclic) bond motifs is 1. The summed E-state index contributed by atoms with van der Waals surface area (Å²) in [4.78, 5) is 0. The molecule has 3 atom stereocenters. The van der Waals surface area contributed by atoms with Crippen molar-refractivity contribution in [2.24, 2.45) is 0 Å². The summed E-state index contributed by atoms with van der Waals surface area (Å²) in [7, 11) is 0. The fourth-order valence-corrected chi connectivity index (χ4v) is 3.80. The molecule has 110 valence electrons. The molecule has 1 spiro atoms. The normalized spacial score (nSPS) is 44.8. The van der Waals surface area contributed by atoms with E-state index in [9.17, 15) is 5.11 Å². The zero-order chi connectivity index (χ0) is 13.7. The lowest BCUT2D eigenvalue weighted by Gasteiger charge is -2.36. The van der Waals surface area contributed by atoms with Gasteiger partial charge in [-0.3, -0.25) is 0 Å². The van der Waals surface area contributed by atoms with Crippen molar-refractivity contribution >= 4 is 0 Å². The van der Waals surface area contributed by atoms with Crippen molar-refractivity contribution in [1.29, 1.82) is 0 Å². The Hall–Kier alpha value is -0.160. The van der Waals surface area contributed by atoms with Gasteiger partial charge in [0.15, 0.2) is 0 Å². The van der Waals surface area contributed by atoms with E-state index in [0.717, 1.165) is 45.3 Å². The molecule has 0 aromatic carbocycles. The first-order valence-electron chi connectivity index (χ1n) is 7.49. The van der Waals surface area contributed by atoms with Crippen LogP contribution in [0.4, 0.5) is 0 Å². The fraction of sp³-hybridized carbons (Fsp3) is 1.00. The number of ether oxygens (including phenoxy) is 3. The lowest BCUT2D eigenvalue weighted by atomic mass is 9.87. The Bertz CT molecular complexity index is 348. The molecule has 0 bridgehead atoms. The van der Waals surface area contributed by atoms with Crippen molar-refractivity contribution in [1.82, 2.24) is 0 Å². The second kappa shape index (κ2) is 4.42. The van der Waals surface area contributed by atoms with Gasteiger partial charge in [0.2, 0.25) is 0 Å². The molecule has 0 unspecified atom stereocenters. The van der Waals surface area contributed by atoms with Crippen molar-refractivity contribution < 1.29 is 19.3 Å². The highest BCUT2D eigenvalue weighted by Gasteiger charge is 2.57. The van der Waals surface area contributed by atoms with Gasteiger partial charge in [-0.1, -0.05) is 0 Å². The standard InChI is InChI=1S/C15H26O4/c1-13(2)11(16)4-5-14(3)12(18-13)10-15(19-14)6-8-17-9-7-15/h11-12,16H,4-10H2,1-3H3/t11-,12-,14+/m1/s1. The molecule has 0 aromatic rings. The van der Waals surface area contributed by atoms with E-state index in [0.29, 0.717) is 0 Å². The van der Waals surface area contributed by atoms with E-state index in [1.54, 1.807) is 0 Å². The average molecular weight is 270 g/mol. The first-order chi connectivity index (χ1) is 8.85. The van der Waals surface area contributed by atoms with Gasteiger partial charge in [-0.2, -0.15) is 0 Å². The van der Waals surface area contributed by atoms with Crippen LogP contribution in [0, 0.1) is 0 Å². The summed E-state index contributed by atoms with van der Waals surface area (Å²) >= 11 is 0. The molecule has 3 saturated heterocycles. The zero-order valence-electron chi connectivity index (χ0n) is 12.3. The summed E-state index contributed by atoms with van der Waals surface area (Å²) in [5.74, 6) is 0. The van der Waals surface area contributed by atoms with Gasteiger partial charge in [0, 0.05) is 19.6 Å². The molecule has 19 heavy (non-hydrogen) atoms. The van der Waals surface area contributed by atoms with E-state index in [-0.39, 0.29) is 17.3 Å². The van der Waals surface area contributed by atoms with Gasteiger partial charge in [0.05, 0.1) is 29.0 Å². The van der Waals surface area contributed by atoms with Gasteiger partial charge in [-0.25, -0.2) is 0 Å². The minimum Gasteiger partial charge on any atom is -0.390 e. The third-order valence-corrected chi connectivity index (χ3v) is 5.25. The van der Waals surface area contributed by atoms with Crippen molar-refractivity contribution in [2.45, 2.75) is 81.9 Å². The molecule has 0 radical (unpaired) electrons. The number of hydrogen-bond donors (Lipinski definition) is 1. The van der Waals surface area contributed by atoms with Crippen LogP contribution in [0.5, 0.6) is 0 Å². The molecule has 3 rings (SSSR count). The lowest BCUT2D eigenvalue weighted by Crippen LogP contribution is -2.43. The minimum absolute atomic E-state index is 0.0595. The molecule has 3 fully saturated rings. The Kier molecular flexibility index (Phi) is 3.21. The molecule has 0 aromatic heterocycles. The van der Waals surface area contributed by atoms with E-state index in [4.69, 9.17) is 14.2 Å². The third kappa shape index (κ3) is 2.33. The van der Waals surface area contributed by atoms with Crippen LogP contribution in [0.25, 0.3) is 0 Å². The molecule has 4 heteroatoms. The summed E-state index contributed by atoms with van der Waals surface area (Å²) in [6.45, 7) is 7.69. The van der Waals surface area contributed by atoms with Crippen LogP contribution in [0.2, 0.25) is 0 Å². The van der Waals surface area contributed by atoms with Gasteiger partial charge in [0.25, 0.3) is 0 Å². The van der Waals surface area contributed by atoms with E-state index in [1.165, 1.54) is 0 Å². The Morgan fingerprint density at radius 1 is 1.05 bits per heavy atom. The fourth-order valence-electron chi connectivity index (χ4n) is 3.80. The van der Waals surface area contributed by atoms with Crippen LogP contribution in [0.15, 0.2) is 0 Å². The Balaban J connectivity index is 1.82. The van der Waals surface area contributed by atoms with Crippen molar-refractivity contribution in [3.05, 3.63) is 0 Å². The molecule has 0 aliphatic carbocycles. The predicted octanol–water partition coefficient (Wildman–Crippen LogP) is 2.03. The minimum atomic E-state index is -0.484. The third-order valence-electron chi connectivity index (χ3n) is 5.25. The second-order valence-electron chi connectivity index (χ2n) is 7.18. The molecule has 3 aliphatic rings. The van der Waals surface area contributed by atoms with E-state index in [2.05, 4.69) is 6.92 Å². The number of hydrogen-bond acceptors (Lipinski definition) is 4. The van der Waals surface area contributed by atoms with Crippen molar-refractivity contribution in [3.8, 4) is 0 Å². The highest BCUT2D eigenvalue weighted by atomic mass is 16.6. The Labute approximate surface area is 115 Å².